The molecule has 0 aliphatic carbocycles. The standard InChI is InChI=1S/C12H26N2/c1-4-12(3,5-2)14-10-11-7-6-8-13-9-11/h11,13-14H,4-10H2,1-3H3. The van der Waals surface area contributed by atoms with Gasteiger partial charge in [-0.25, -0.2) is 0 Å². The van der Waals surface area contributed by atoms with Crippen LogP contribution in [0.4, 0.5) is 0 Å². The summed E-state index contributed by atoms with van der Waals surface area (Å²) >= 11 is 0. The average molecular weight is 198 g/mol. The maximum Gasteiger partial charge on any atom is 0.0148 e. The van der Waals surface area contributed by atoms with E-state index in [1.807, 2.05) is 0 Å². The van der Waals surface area contributed by atoms with Gasteiger partial charge in [0.05, 0.1) is 0 Å². The molecular formula is C12H26N2. The number of nitrogens with one attached hydrogen (secondary N) is 2. The minimum Gasteiger partial charge on any atom is -0.316 e. The third-order valence-electron chi connectivity index (χ3n) is 3.78. The predicted molar refractivity (Wildman–Crippen MR) is 62.6 cm³/mol. The fraction of sp³-hybridized carbons (Fsp3) is 1.00. The number of rotatable bonds is 5. The second-order valence-electron chi connectivity index (χ2n) is 4.86. The van der Waals surface area contributed by atoms with E-state index in [2.05, 4.69) is 31.4 Å². The molecule has 0 spiro atoms. The Morgan fingerprint density at radius 1 is 1.36 bits per heavy atom. The van der Waals surface area contributed by atoms with Crippen LogP contribution in [0.2, 0.25) is 0 Å². The van der Waals surface area contributed by atoms with Crippen LogP contribution in [-0.2, 0) is 0 Å². The Bertz CT molecular complexity index is 146. The minimum atomic E-state index is 0.359. The lowest BCUT2D eigenvalue weighted by Gasteiger charge is -2.32. The maximum absolute atomic E-state index is 3.73. The summed E-state index contributed by atoms with van der Waals surface area (Å²) < 4.78 is 0. The van der Waals surface area contributed by atoms with Crippen LogP contribution in [0.1, 0.15) is 46.5 Å². The molecule has 0 amide bonds. The van der Waals surface area contributed by atoms with Crippen molar-refractivity contribution in [2.45, 2.75) is 52.0 Å². The zero-order chi connectivity index (χ0) is 10.4. The first-order valence-electron chi connectivity index (χ1n) is 6.16. The highest BCUT2D eigenvalue weighted by molar-refractivity contribution is 4.82. The number of hydrogen-bond donors (Lipinski definition) is 2. The molecule has 0 bridgehead atoms. The van der Waals surface area contributed by atoms with Crippen molar-refractivity contribution in [1.29, 1.82) is 0 Å². The van der Waals surface area contributed by atoms with Gasteiger partial charge < -0.3 is 10.6 Å². The third-order valence-corrected chi connectivity index (χ3v) is 3.78. The Hall–Kier alpha value is -0.0800. The van der Waals surface area contributed by atoms with Gasteiger partial charge in [0.1, 0.15) is 0 Å². The Morgan fingerprint density at radius 3 is 2.57 bits per heavy atom. The van der Waals surface area contributed by atoms with Crippen molar-refractivity contribution in [3.63, 3.8) is 0 Å². The largest absolute Gasteiger partial charge is 0.316 e. The van der Waals surface area contributed by atoms with Gasteiger partial charge in [-0.3, -0.25) is 0 Å². The van der Waals surface area contributed by atoms with Gasteiger partial charge in [-0.05, 0) is 58.2 Å². The molecular weight excluding hydrogens is 172 g/mol. The van der Waals surface area contributed by atoms with Crippen molar-refractivity contribution in [2.75, 3.05) is 19.6 Å². The Labute approximate surface area is 88.8 Å². The van der Waals surface area contributed by atoms with Gasteiger partial charge in [0.15, 0.2) is 0 Å². The van der Waals surface area contributed by atoms with E-state index in [-0.39, 0.29) is 0 Å². The predicted octanol–water partition coefficient (Wildman–Crippen LogP) is 2.15. The molecule has 1 aliphatic rings. The van der Waals surface area contributed by atoms with Gasteiger partial charge in [0, 0.05) is 5.54 Å². The van der Waals surface area contributed by atoms with Crippen LogP contribution in [0.25, 0.3) is 0 Å². The van der Waals surface area contributed by atoms with E-state index in [1.54, 1.807) is 0 Å². The second-order valence-corrected chi connectivity index (χ2v) is 4.86. The lowest BCUT2D eigenvalue weighted by molar-refractivity contribution is 0.278. The van der Waals surface area contributed by atoms with Gasteiger partial charge in [-0.1, -0.05) is 13.8 Å². The highest BCUT2D eigenvalue weighted by Crippen LogP contribution is 2.16. The summed E-state index contributed by atoms with van der Waals surface area (Å²) in [4.78, 5) is 0. The number of hydrogen-bond acceptors (Lipinski definition) is 2. The van der Waals surface area contributed by atoms with Crippen molar-refractivity contribution >= 4 is 0 Å². The summed E-state index contributed by atoms with van der Waals surface area (Å²) in [7, 11) is 0. The number of piperidine rings is 1. The van der Waals surface area contributed by atoms with Crippen molar-refractivity contribution < 1.29 is 0 Å². The maximum atomic E-state index is 3.73. The SMILES string of the molecule is CCC(C)(CC)NCC1CCCNC1. The normalized spacial score (nSPS) is 23.8. The molecule has 2 nitrogen and oxygen atoms in total. The van der Waals surface area contributed by atoms with E-state index < -0.39 is 0 Å². The lowest BCUT2D eigenvalue weighted by atomic mass is 9.93. The quantitative estimate of drug-likeness (QED) is 0.707. The fourth-order valence-electron chi connectivity index (χ4n) is 1.99. The molecule has 1 rings (SSSR count). The van der Waals surface area contributed by atoms with E-state index in [0.717, 1.165) is 5.92 Å². The molecule has 1 aliphatic heterocycles. The van der Waals surface area contributed by atoms with Crippen LogP contribution in [0.3, 0.4) is 0 Å². The van der Waals surface area contributed by atoms with Gasteiger partial charge in [0.25, 0.3) is 0 Å². The first kappa shape index (κ1) is 12.0. The van der Waals surface area contributed by atoms with Crippen molar-refractivity contribution in [1.82, 2.24) is 10.6 Å². The summed E-state index contributed by atoms with van der Waals surface area (Å²) in [6.07, 6.45) is 5.19. The molecule has 2 N–H and O–H groups in total. The summed E-state index contributed by atoms with van der Waals surface area (Å²) in [5.74, 6) is 0.848. The van der Waals surface area contributed by atoms with E-state index in [0.29, 0.717) is 5.54 Å². The molecule has 0 aromatic carbocycles. The van der Waals surface area contributed by atoms with Gasteiger partial charge in [0.2, 0.25) is 0 Å². The van der Waals surface area contributed by atoms with E-state index in [1.165, 1.54) is 45.3 Å². The highest BCUT2D eigenvalue weighted by Gasteiger charge is 2.21. The molecule has 2 heteroatoms. The third kappa shape index (κ3) is 3.58. The van der Waals surface area contributed by atoms with Gasteiger partial charge in [-0.15, -0.1) is 0 Å². The summed E-state index contributed by atoms with van der Waals surface area (Å²) in [5.41, 5.74) is 0.359. The summed E-state index contributed by atoms with van der Waals surface area (Å²) in [5, 5.41) is 7.19. The molecule has 0 radical (unpaired) electrons. The highest BCUT2D eigenvalue weighted by atomic mass is 15.0. The summed E-state index contributed by atoms with van der Waals surface area (Å²) in [6, 6.07) is 0. The first-order valence-corrected chi connectivity index (χ1v) is 6.16. The molecule has 0 aromatic heterocycles. The molecule has 14 heavy (non-hydrogen) atoms. The van der Waals surface area contributed by atoms with Gasteiger partial charge in [-0.2, -0.15) is 0 Å². The van der Waals surface area contributed by atoms with E-state index >= 15 is 0 Å². The van der Waals surface area contributed by atoms with Crippen LogP contribution < -0.4 is 10.6 Å². The van der Waals surface area contributed by atoms with E-state index in [9.17, 15) is 0 Å². The van der Waals surface area contributed by atoms with Crippen LogP contribution >= 0.6 is 0 Å². The van der Waals surface area contributed by atoms with Crippen molar-refractivity contribution in [3.8, 4) is 0 Å². The van der Waals surface area contributed by atoms with Crippen molar-refractivity contribution in [3.05, 3.63) is 0 Å². The van der Waals surface area contributed by atoms with Gasteiger partial charge >= 0.3 is 0 Å². The van der Waals surface area contributed by atoms with Crippen LogP contribution in [-0.4, -0.2) is 25.2 Å². The topological polar surface area (TPSA) is 24.1 Å². The Morgan fingerprint density at radius 2 is 2.07 bits per heavy atom. The monoisotopic (exact) mass is 198 g/mol. The molecule has 1 heterocycles. The molecule has 0 aromatic rings. The Balaban J connectivity index is 2.23. The summed E-state index contributed by atoms with van der Waals surface area (Å²) in [6.45, 7) is 10.5. The lowest BCUT2D eigenvalue weighted by Crippen LogP contribution is -2.46. The van der Waals surface area contributed by atoms with Crippen LogP contribution in [0.5, 0.6) is 0 Å². The fourth-order valence-corrected chi connectivity index (χ4v) is 1.99. The molecule has 1 unspecified atom stereocenters. The molecule has 0 saturated carbocycles. The van der Waals surface area contributed by atoms with Crippen LogP contribution in [0.15, 0.2) is 0 Å². The molecule has 1 fully saturated rings. The molecule has 1 saturated heterocycles. The average Bonchev–Trinajstić information content (AvgIpc) is 2.27. The van der Waals surface area contributed by atoms with Crippen LogP contribution in [0, 0.1) is 5.92 Å². The Kier molecular flexibility index (Phi) is 4.90. The van der Waals surface area contributed by atoms with Crippen molar-refractivity contribution in [2.24, 2.45) is 5.92 Å². The molecule has 84 valence electrons. The second kappa shape index (κ2) is 5.72. The van der Waals surface area contributed by atoms with E-state index in [4.69, 9.17) is 0 Å². The molecule has 1 atom stereocenters. The minimum absolute atomic E-state index is 0.359. The zero-order valence-corrected chi connectivity index (χ0v) is 10.0. The first-order chi connectivity index (χ1) is 6.70. The smallest absolute Gasteiger partial charge is 0.0148 e. The zero-order valence-electron chi connectivity index (χ0n) is 10.0.